The number of carbonyl (C=O) groups excluding carboxylic acids is 2. The van der Waals surface area contributed by atoms with Gasteiger partial charge in [0, 0.05) is 18.1 Å². The van der Waals surface area contributed by atoms with Crippen molar-refractivity contribution < 1.29 is 33.6 Å². The number of aromatic hydroxyl groups is 1. The summed E-state index contributed by atoms with van der Waals surface area (Å²) in [5.74, 6) is 1.09. The molecule has 7 heteroatoms. The van der Waals surface area contributed by atoms with Crippen molar-refractivity contribution >= 4 is 17.8 Å². The highest BCUT2D eigenvalue weighted by molar-refractivity contribution is 5.97. The molecule has 1 N–H and O–H groups in total. The number of benzene rings is 2. The first-order chi connectivity index (χ1) is 15.4. The van der Waals surface area contributed by atoms with Gasteiger partial charge >= 0.3 is 5.97 Å². The van der Waals surface area contributed by atoms with Crippen LogP contribution in [0.4, 0.5) is 0 Å². The molecular weight excluding hydrogens is 412 g/mol. The van der Waals surface area contributed by atoms with Crippen molar-refractivity contribution in [1.29, 1.82) is 0 Å². The number of ketones is 1. The van der Waals surface area contributed by atoms with E-state index in [-0.39, 0.29) is 11.5 Å². The van der Waals surface area contributed by atoms with Crippen LogP contribution in [-0.2, 0) is 16.0 Å². The van der Waals surface area contributed by atoms with Gasteiger partial charge in [-0.3, -0.25) is 4.79 Å². The first kappa shape index (κ1) is 24.8. The summed E-state index contributed by atoms with van der Waals surface area (Å²) in [5.41, 5.74) is 1.74. The molecule has 0 fully saturated rings. The van der Waals surface area contributed by atoms with Gasteiger partial charge in [-0.1, -0.05) is 19.4 Å². The van der Waals surface area contributed by atoms with Crippen molar-refractivity contribution in [3.05, 3.63) is 53.1 Å². The highest BCUT2D eigenvalue weighted by atomic mass is 16.5. The number of Topliss-reactive ketones (excluding diaryl/α,β-unsaturated/α-hetero) is 1. The molecule has 172 valence electrons. The Morgan fingerprint density at radius 3 is 2.31 bits per heavy atom. The standard InChI is InChI=1S/C25H30O7/c1-5-7-20-21(12-10-19(17(2)26)25(20)28)31-14-6-15-32-22-11-8-18(16-23(22)29-3)9-13-24(27)30-4/h8-13,16,28H,5-7,14-15H2,1-4H3/b13-9+. The van der Waals surface area contributed by atoms with Crippen molar-refractivity contribution in [2.75, 3.05) is 27.4 Å². The van der Waals surface area contributed by atoms with Crippen LogP contribution in [0.25, 0.3) is 6.08 Å². The molecular formula is C25H30O7. The second kappa shape index (κ2) is 12.4. The molecule has 0 heterocycles. The molecule has 2 aromatic rings. The zero-order valence-electron chi connectivity index (χ0n) is 19.0. The number of ether oxygens (including phenoxy) is 4. The van der Waals surface area contributed by atoms with E-state index in [4.69, 9.17) is 14.2 Å². The predicted octanol–water partition coefficient (Wildman–Crippen LogP) is 4.59. The molecule has 0 radical (unpaired) electrons. The van der Waals surface area contributed by atoms with Crippen LogP contribution in [-0.4, -0.2) is 44.3 Å². The number of carbonyl (C=O) groups is 2. The minimum Gasteiger partial charge on any atom is -0.507 e. The molecule has 0 unspecified atom stereocenters. The number of rotatable bonds is 12. The summed E-state index contributed by atoms with van der Waals surface area (Å²) in [6, 6.07) is 8.66. The van der Waals surface area contributed by atoms with Crippen molar-refractivity contribution in [3.8, 4) is 23.0 Å². The van der Waals surface area contributed by atoms with E-state index in [0.717, 1.165) is 12.0 Å². The van der Waals surface area contributed by atoms with E-state index in [2.05, 4.69) is 4.74 Å². The number of hydrogen-bond acceptors (Lipinski definition) is 7. The van der Waals surface area contributed by atoms with Crippen molar-refractivity contribution in [2.24, 2.45) is 0 Å². The monoisotopic (exact) mass is 442 g/mol. The maximum atomic E-state index is 11.7. The average Bonchev–Trinajstić information content (AvgIpc) is 2.79. The van der Waals surface area contributed by atoms with Crippen molar-refractivity contribution in [3.63, 3.8) is 0 Å². The summed E-state index contributed by atoms with van der Waals surface area (Å²) in [7, 11) is 2.87. The molecule has 0 aliphatic rings. The molecule has 7 nitrogen and oxygen atoms in total. The number of phenolic OH excluding ortho intramolecular Hbond substituents is 1. The lowest BCUT2D eigenvalue weighted by Crippen LogP contribution is -2.07. The molecule has 32 heavy (non-hydrogen) atoms. The molecule has 2 rings (SSSR count). The minimum absolute atomic E-state index is 0.000764. The van der Waals surface area contributed by atoms with Crippen molar-refractivity contribution in [2.45, 2.75) is 33.1 Å². The lowest BCUT2D eigenvalue weighted by molar-refractivity contribution is -0.134. The maximum Gasteiger partial charge on any atom is 0.330 e. The molecule has 0 aliphatic carbocycles. The van der Waals surface area contributed by atoms with Crippen molar-refractivity contribution in [1.82, 2.24) is 0 Å². The lowest BCUT2D eigenvalue weighted by Gasteiger charge is -2.15. The molecule has 0 saturated heterocycles. The van der Waals surface area contributed by atoms with Crippen LogP contribution in [0.15, 0.2) is 36.4 Å². The van der Waals surface area contributed by atoms with Gasteiger partial charge < -0.3 is 24.1 Å². The van der Waals surface area contributed by atoms with Crippen LogP contribution in [0.3, 0.4) is 0 Å². The Labute approximate surface area is 188 Å². The van der Waals surface area contributed by atoms with Crippen LogP contribution in [0.1, 0.15) is 48.2 Å². The number of phenols is 1. The third-order valence-electron chi connectivity index (χ3n) is 4.72. The summed E-state index contributed by atoms with van der Waals surface area (Å²) in [5, 5.41) is 10.4. The van der Waals surface area contributed by atoms with E-state index >= 15 is 0 Å². The molecule has 0 saturated carbocycles. The van der Waals surface area contributed by atoms with Gasteiger partial charge in [0.25, 0.3) is 0 Å². The Balaban J connectivity index is 1.94. The normalized spacial score (nSPS) is 10.8. The number of esters is 1. The topological polar surface area (TPSA) is 91.3 Å². The molecule has 0 amide bonds. The van der Waals surface area contributed by atoms with Gasteiger partial charge in [0.15, 0.2) is 17.3 Å². The van der Waals surface area contributed by atoms with Gasteiger partial charge in [-0.25, -0.2) is 4.79 Å². The van der Waals surface area contributed by atoms with Crippen LogP contribution in [0.5, 0.6) is 23.0 Å². The third kappa shape index (κ3) is 6.77. The number of methoxy groups -OCH3 is 2. The van der Waals surface area contributed by atoms with E-state index in [1.807, 2.05) is 13.0 Å². The van der Waals surface area contributed by atoms with Gasteiger partial charge in [-0.2, -0.15) is 0 Å². The first-order valence-corrected chi connectivity index (χ1v) is 10.5. The largest absolute Gasteiger partial charge is 0.507 e. The van der Waals surface area contributed by atoms with Gasteiger partial charge in [0.05, 0.1) is 33.0 Å². The van der Waals surface area contributed by atoms with Crippen LogP contribution >= 0.6 is 0 Å². The molecule has 0 spiro atoms. The fourth-order valence-corrected chi connectivity index (χ4v) is 3.09. The quantitative estimate of drug-likeness (QED) is 0.222. The number of hydrogen-bond donors (Lipinski definition) is 1. The third-order valence-corrected chi connectivity index (χ3v) is 4.72. The van der Waals surface area contributed by atoms with Gasteiger partial charge in [0.2, 0.25) is 0 Å². The van der Waals surface area contributed by atoms with Gasteiger partial charge in [0.1, 0.15) is 11.5 Å². The summed E-state index contributed by atoms with van der Waals surface area (Å²) >= 11 is 0. The van der Waals surface area contributed by atoms with E-state index in [9.17, 15) is 14.7 Å². The summed E-state index contributed by atoms with van der Waals surface area (Å²) < 4.78 is 21.6. The van der Waals surface area contributed by atoms with Crippen LogP contribution < -0.4 is 14.2 Å². The zero-order chi connectivity index (χ0) is 23.5. The van der Waals surface area contributed by atoms with Crippen LogP contribution in [0.2, 0.25) is 0 Å². The lowest BCUT2D eigenvalue weighted by atomic mass is 10.0. The fourth-order valence-electron chi connectivity index (χ4n) is 3.09. The molecule has 0 aliphatic heterocycles. The first-order valence-electron chi connectivity index (χ1n) is 10.5. The Morgan fingerprint density at radius 2 is 1.69 bits per heavy atom. The average molecular weight is 443 g/mol. The molecule has 0 aromatic heterocycles. The SMILES string of the molecule is CCCc1c(OCCCOc2ccc(/C=C/C(=O)OC)cc2OC)ccc(C(C)=O)c1O. The van der Waals surface area contributed by atoms with E-state index < -0.39 is 5.97 Å². The second-order valence-corrected chi connectivity index (χ2v) is 7.06. The predicted molar refractivity (Wildman–Crippen MR) is 122 cm³/mol. The smallest absolute Gasteiger partial charge is 0.330 e. The molecule has 0 atom stereocenters. The van der Waals surface area contributed by atoms with Gasteiger partial charge in [-0.05, 0) is 49.2 Å². The summed E-state index contributed by atoms with van der Waals surface area (Å²) in [6.45, 7) is 4.21. The Hall–Kier alpha value is -3.48. The molecule has 2 aromatic carbocycles. The van der Waals surface area contributed by atoms with Gasteiger partial charge in [-0.15, -0.1) is 0 Å². The fraction of sp³-hybridized carbons (Fsp3) is 0.360. The van der Waals surface area contributed by atoms with E-state index in [1.165, 1.54) is 20.1 Å². The second-order valence-electron chi connectivity index (χ2n) is 7.06. The Bertz CT molecular complexity index is 963. The highest BCUT2D eigenvalue weighted by Gasteiger charge is 2.16. The highest BCUT2D eigenvalue weighted by Crippen LogP contribution is 2.33. The van der Waals surface area contributed by atoms with E-state index in [0.29, 0.717) is 54.4 Å². The zero-order valence-corrected chi connectivity index (χ0v) is 19.0. The summed E-state index contributed by atoms with van der Waals surface area (Å²) in [4.78, 5) is 22.9. The van der Waals surface area contributed by atoms with E-state index in [1.54, 1.807) is 37.5 Å². The Kier molecular flexibility index (Phi) is 9.60. The minimum atomic E-state index is -0.435. The Morgan fingerprint density at radius 1 is 1.00 bits per heavy atom. The molecule has 0 bridgehead atoms. The summed E-state index contributed by atoms with van der Waals surface area (Å²) in [6.07, 6.45) is 5.01. The van der Waals surface area contributed by atoms with Crippen LogP contribution in [0, 0.1) is 0 Å². The maximum absolute atomic E-state index is 11.7.